The van der Waals surface area contributed by atoms with Crippen LogP contribution in [0.4, 0.5) is 5.69 Å². The Labute approximate surface area is 197 Å². The van der Waals surface area contributed by atoms with Crippen molar-refractivity contribution in [3.05, 3.63) is 96.9 Å². The fourth-order valence-corrected chi connectivity index (χ4v) is 3.90. The van der Waals surface area contributed by atoms with Crippen LogP contribution in [0.15, 0.2) is 54.6 Å². The molecule has 3 aromatic carbocycles. The molecule has 9 heteroatoms. The van der Waals surface area contributed by atoms with E-state index >= 15 is 0 Å². The van der Waals surface area contributed by atoms with E-state index in [1.54, 1.807) is 24.3 Å². The number of esters is 1. The first-order valence-corrected chi connectivity index (χ1v) is 10.4. The molecule has 1 heterocycles. The average Bonchev–Trinajstić information content (AvgIpc) is 2.97. The molecule has 5 nitrogen and oxygen atoms in total. The number of carbonyl (C=O) groups excluding carboxylic acids is 3. The predicted octanol–water partition coefficient (Wildman–Crippen LogP) is 6.46. The van der Waals surface area contributed by atoms with Gasteiger partial charge >= 0.3 is 5.97 Å². The van der Waals surface area contributed by atoms with Crippen LogP contribution >= 0.6 is 46.4 Å². The molecule has 156 valence electrons. The molecule has 0 spiro atoms. The first kappa shape index (κ1) is 21.7. The Morgan fingerprint density at radius 2 is 1.45 bits per heavy atom. The largest absolute Gasteiger partial charge is 0.457 e. The summed E-state index contributed by atoms with van der Waals surface area (Å²) >= 11 is 23.9. The highest BCUT2D eigenvalue weighted by Crippen LogP contribution is 2.34. The molecule has 0 radical (unpaired) electrons. The van der Waals surface area contributed by atoms with E-state index < -0.39 is 17.8 Å². The highest BCUT2D eigenvalue weighted by Gasteiger charge is 2.37. The van der Waals surface area contributed by atoms with Crippen molar-refractivity contribution in [2.45, 2.75) is 6.61 Å². The molecule has 0 atom stereocenters. The summed E-state index contributed by atoms with van der Waals surface area (Å²) in [5, 5.41) is 1.18. The van der Waals surface area contributed by atoms with Gasteiger partial charge in [-0.25, -0.2) is 9.69 Å². The highest BCUT2D eigenvalue weighted by atomic mass is 35.5. The lowest BCUT2D eigenvalue weighted by Gasteiger charge is -2.15. The van der Waals surface area contributed by atoms with Gasteiger partial charge in [-0.1, -0.05) is 58.5 Å². The molecule has 0 saturated carbocycles. The summed E-state index contributed by atoms with van der Waals surface area (Å²) in [6.07, 6.45) is 0. The Morgan fingerprint density at radius 1 is 0.806 bits per heavy atom. The van der Waals surface area contributed by atoms with E-state index in [1.807, 2.05) is 0 Å². The number of amides is 2. The minimum Gasteiger partial charge on any atom is -0.457 e. The standard InChI is InChI=1S/C22H11Cl4NO4/c23-13-5-4-12(17(24)7-13)10-31-22(30)11-2-1-3-14(6-11)27-20(28)15-8-18(25)19(26)9-16(15)21(27)29/h1-9H,10H2. The lowest BCUT2D eigenvalue weighted by molar-refractivity contribution is 0.0472. The van der Waals surface area contributed by atoms with E-state index in [1.165, 1.54) is 30.3 Å². The van der Waals surface area contributed by atoms with Crippen LogP contribution in [0.3, 0.4) is 0 Å². The highest BCUT2D eigenvalue weighted by molar-refractivity contribution is 6.44. The zero-order valence-electron chi connectivity index (χ0n) is 15.5. The maximum Gasteiger partial charge on any atom is 0.338 e. The number of ether oxygens (including phenoxy) is 1. The van der Waals surface area contributed by atoms with Crippen molar-refractivity contribution >= 4 is 69.9 Å². The molecular formula is C22H11Cl4NO4. The Balaban J connectivity index is 1.56. The molecule has 2 amide bonds. The Hall–Kier alpha value is -2.57. The molecule has 0 aromatic heterocycles. The summed E-state index contributed by atoms with van der Waals surface area (Å²) in [5.74, 6) is -1.76. The quantitative estimate of drug-likeness (QED) is 0.308. The van der Waals surface area contributed by atoms with Crippen molar-refractivity contribution in [3.8, 4) is 0 Å². The second-order valence-corrected chi connectivity index (χ2v) is 8.28. The van der Waals surface area contributed by atoms with Gasteiger partial charge in [0.25, 0.3) is 11.8 Å². The summed E-state index contributed by atoms with van der Waals surface area (Å²) in [5.41, 5.74) is 1.26. The van der Waals surface area contributed by atoms with Gasteiger partial charge in [0.05, 0.1) is 32.4 Å². The number of rotatable bonds is 4. The fraction of sp³-hybridized carbons (Fsp3) is 0.0455. The van der Waals surface area contributed by atoms with Gasteiger partial charge in [0.2, 0.25) is 0 Å². The van der Waals surface area contributed by atoms with Gasteiger partial charge in [-0.15, -0.1) is 0 Å². The number of nitrogens with zero attached hydrogens (tertiary/aromatic N) is 1. The summed E-state index contributed by atoms with van der Waals surface area (Å²) in [7, 11) is 0. The number of halogens is 4. The minimum atomic E-state index is -0.643. The topological polar surface area (TPSA) is 63.7 Å². The molecule has 0 saturated heterocycles. The number of carbonyl (C=O) groups is 3. The monoisotopic (exact) mass is 493 g/mol. The maximum atomic E-state index is 12.8. The smallest absolute Gasteiger partial charge is 0.338 e. The molecule has 4 rings (SSSR count). The zero-order valence-corrected chi connectivity index (χ0v) is 18.5. The van der Waals surface area contributed by atoms with Crippen LogP contribution in [0.5, 0.6) is 0 Å². The average molecular weight is 495 g/mol. The van der Waals surface area contributed by atoms with Gasteiger partial charge in [-0.05, 0) is 42.5 Å². The molecule has 0 N–H and O–H groups in total. The van der Waals surface area contributed by atoms with Gasteiger partial charge in [-0.2, -0.15) is 0 Å². The van der Waals surface area contributed by atoms with Crippen LogP contribution in [0.25, 0.3) is 0 Å². The van der Waals surface area contributed by atoms with Gasteiger partial charge in [-0.3, -0.25) is 9.59 Å². The van der Waals surface area contributed by atoms with Crippen LogP contribution in [-0.2, 0) is 11.3 Å². The number of imide groups is 1. The van der Waals surface area contributed by atoms with Crippen LogP contribution < -0.4 is 4.90 Å². The van der Waals surface area contributed by atoms with E-state index in [0.717, 1.165) is 4.90 Å². The summed E-state index contributed by atoms with van der Waals surface area (Å²) < 4.78 is 5.31. The Kier molecular flexibility index (Phi) is 5.95. The van der Waals surface area contributed by atoms with Gasteiger partial charge in [0, 0.05) is 15.6 Å². The molecule has 3 aromatic rings. The van der Waals surface area contributed by atoms with Gasteiger partial charge < -0.3 is 4.74 Å². The fourth-order valence-electron chi connectivity index (χ4n) is 3.11. The number of fused-ring (bicyclic) bond motifs is 1. The predicted molar refractivity (Wildman–Crippen MR) is 120 cm³/mol. The first-order valence-electron chi connectivity index (χ1n) is 8.85. The molecule has 0 fully saturated rings. The minimum absolute atomic E-state index is 0.0664. The third-order valence-corrected chi connectivity index (χ3v) is 5.95. The van der Waals surface area contributed by atoms with E-state index in [4.69, 9.17) is 51.1 Å². The van der Waals surface area contributed by atoms with E-state index in [0.29, 0.717) is 15.6 Å². The van der Waals surface area contributed by atoms with Crippen LogP contribution in [-0.4, -0.2) is 17.8 Å². The lowest BCUT2D eigenvalue weighted by atomic mass is 10.1. The SMILES string of the molecule is O=C(OCc1ccc(Cl)cc1Cl)c1cccc(N2C(=O)c3cc(Cl)c(Cl)cc3C2=O)c1. The Morgan fingerprint density at radius 3 is 2.06 bits per heavy atom. The van der Waals surface area contributed by atoms with Crippen LogP contribution in [0.2, 0.25) is 20.1 Å². The summed E-state index contributed by atoms with van der Waals surface area (Å²) in [4.78, 5) is 39.1. The molecule has 0 bridgehead atoms. The first-order chi connectivity index (χ1) is 14.8. The zero-order chi connectivity index (χ0) is 22.3. The summed E-state index contributed by atoms with van der Waals surface area (Å²) in [6, 6.07) is 13.6. The van der Waals surface area contributed by atoms with Crippen molar-refractivity contribution in [3.63, 3.8) is 0 Å². The van der Waals surface area contributed by atoms with Gasteiger partial charge in [0.15, 0.2) is 0 Å². The van der Waals surface area contributed by atoms with Gasteiger partial charge in [0.1, 0.15) is 6.61 Å². The maximum absolute atomic E-state index is 12.8. The number of benzene rings is 3. The molecular weight excluding hydrogens is 484 g/mol. The lowest BCUT2D eigenvalue weighted by Crippen LogP contribution is -2.29. The van der Waals surface area contributed by atoms with Crippen molar-refractivity contribution in [2.24, 2.45) is 0 Å². The molecule has 1 aliphatic rings. The molecule has 0 unspecified atom stereocenters. The van der Waals surface area contributed by atoms with E-state index in [9.17, 15) is 14.4 Å². The Bertz CT molecular complexity index is 1220. The second-order valence-electron chi connectivity index (χ2n) is 6.62. The van der Waals surface area contributed by atoms with Crippen molar-refractivity contribution < 1.29 is 19.1 Å². The van der Waals surface area contributed by atoms with Crippen molar-refractivity contribution in [1.29, 1.82) is 0 Å². The molecule has 0 aliphatic carbocycles. The van der Waals surface area contributed by atoms with Crippen molar-refractivity contribution in [1.82, 2.24) is 0 Å². The number of hydrogen-bond acceptors (Lipinski definition) is 4. The second kappa shape index (κ2) is 8.52. The summed E-state index contributed by atoms with van der Waals surface area (Å²) in [6.45, 7) is -0.0664. The number of anilines is 1. The van der Waals surface area contributed by atoms with Crippen LogP contribution in [0, 0.1) is 0 Å². The van der Waals surface area contributed by atoms with E-state index in [2.05, 4.69) is 0 Å². The van der Waals surface area contributed by atoms with E-state index in [-0.39, 0.29) is 39.0 Å². The van der Waals surface area contributed by atoms with Crippen LogP contribution in [0.1, 0.15) is 36.6 Å². The number of hydrogen-bond donors (Lipinski definition) is 0. The third-order valence-electron chi connectivity index (χ3n) is 4.64. The molecule has 31 heavy (non-hydrogen) atoms. The normalized spacial score (nSPS) is 12.8. The molecule has 1 aliphatic heterocycles. The van der Waals surface area contributed by atoms with Crippen molar-refractivity contribution in [2.75, 3.05) is 4.90 Å². The third kappa shape index (κ3) is 4.14.